The minimum absolute atomic E-state index is 0.185. The number of aryl methyl sites for hydroxylation is 3. The number of nitrogens with zero attached hydrogens (tertiary/aromatic N) is 5. The number of carbonyl (C=O) groups excluding carboxylic acids is 2. The molecule has 1 aromatic carbocycles. The lowest BCUT2D eigenvalue weighted by Gasteiger charge is -2.11. The first-order valence-corrected chi connectivity index (χ1v) is 8.75. The highest BCUT2D eigenvalue weighted by Gasteiger charge is 2.22. The number of nitrogens with one attached hydrogen (secondary N) is 1. The largest absolute Gasteiger partial charge is 0.343 e. The topological polar surface area (TPSA) is 85.1 Å². The number of anilines is 1. The lowest BCUT2D eigenvalue weighted by molar-refractivity contribution is -0.116. The molecule has 0 atom stereocenters. The van der Waals surface area contributed by atoms with E-state index in [2.05, 4.69) is 15.5 Å². The van der Waals surface area contributed by atoms with Crippen molar-refractivity contribution >= 4 is 28.4 Å². The first kappa shape index (κ1) is 18.6. The number of fused-ring (bicyclic) bond motifs is 1. The van der Waals surface area contributed by atoms with E-state index < -0.39 is 0 Å². The quantitative estimate of drug-likeness (QED) is 0.747. The van der Waals surface area contributed by atoms with Gasteiger partial charge in [-0.25, -0.2) is 0 Å². The molecule has 0 aliphatic carbocycles. The van der Waals surface area contributed by atoms with Crippen molar-refractivity contribution in [3.8, 4) is 0 Å². The predicted molar refractivity (Wildman–Crippen MR) is 104 cm³/mol. The van der Waals surface area contributed by atoms with Crippen LogP contribution in [0.1, 0.15) is 28.2 Å². The molecule has 0 saturated carbocycles. The highest BCUT2D eigenvalue weighted by Crippen LogP contribution is 2.21. The Hall–Kier alpha value is -3.16. The lowest BCUT2D eigenvalue weighted by Crippen LogP contribution is -2.24. The van der Waals surface area contributed by atoms with Gasteiger partial charge in [0.05, 0.1) is 29.6 Å². The Balaban J connectivity index is 1.75. The van der Waals surface area contributed by atoms with Crippen LogP contribution in [0.2, 0.25) is 0 Å². The van der Waals surface area contributed by atoms with E-state index in [-0.39, 0.29) is 23.9 Å². The van der Waals surface area contributed by atoms with Gasteiger partial charge in [-0.05, 0) is 25.5 Å². The fourth-order valence-corrected chi connectivity index (χ4v) is 2.95. The normalized spacial score (nSPS) is 11.0. The van der Waals surface area contributed by atoms with Gasteiger partial charge in [-0.1, -0.05) is 12.1 Å². The van der Waals surface area contributed by atoms with Gasteiger partial charge in [0.1, 0.15) is 0 Å². The number of rotatable bonds is 5. The van der Waals surface area contributed by atoms with Gasteiger partial charge in [0, 0.05) is 33.0 Å². The average Bonchev–Trinajstić information content (AvgIpc) is 3.16. The van der Waals surface area contributed by atoms with E-state index in [1.54, 1.807) is 25.8 Å². The van der Waals surface area contributed by atoms with Crippen LogP contribution in [0.15, 0.2) is 24.4 Å². The molecule has 2 aromatic heterocycles. The zero-order valence-corrected chi connectivity index (χ0v) is 16.3. The Labute approximate surface area is 157 Å². The third-order valence-corrected chi connectivity index (χ3v) is 4.66. The van der Waals surface area contributed by atoms with E-state index in [9.17, 15) is 9.59 Å². The second-order valence-corrected chi connectivity index (χ2v) is 6.81. The van der Waals surface area contributed by atoms with E-state index in [0.29, 0.717) is 12.2 Å². The van der Waals surface area contributed by atoms with Crippen LogP contribution in [0.5, 0.6) is 0 Å². The summed E-state index contributed by atoms with van der Waals surface area (Å²) >= 11 is 0. The van der Waals surface area contributed by atoms with Crippen molar-refractivity contribution in [2.45, 2.75) is 26.8 Å². The Morgan fingerprint density at radius 2 is 1.96 bits per heavy atom. The fraction of sp³-hybridized carbons (Fsp3) is 0.368. The van der Waals surface area contributed by atoms with E-state index in [1.165, 1.54) is 4.90 Å². The second kappa shape index (κ2) is 7.22. The average molecular weight is 368 g/mol. The minimum Gasteiger partial charge on any atom is -0.343 e. The molecule has 0 bridgehead atoms. The van der Waals surface area contributed by atoms with Crippen LogP contribution >= 0.6 is 0 Å². The van der Waals surface area contributed by atoms with Crippen molar-refractivity contribution in [3.05, 3.63) is 41.3 Å². The molecule has 1 N–H and O–H groups in total. The summed E-state index contributed by atoms with van der Waals surface area (Å²) in [4.78, 5) is 26.3. The minimum atomic E-state index is -0.248. The molecule has 27 heavy (non-hydrogen) atoms. The first-order valence-electron chi connectivity index (χ1n) is 8.75. The molecule has 8 heteroatoms. The third-order valence-electron chi connectivity index (χ3n) is 4.66. The summed E-state index contributed by atoms with van der Waals surface area (Å²) in [5.41, 5.74) is 3.59. The van der Waals surface area contributed by atoms with Crippen LogP contribution in [0.3, 0.4) is 0 Å². The number of carbonyl (C=O) groups is 2. The van der Waals surface area contributed by atoms with Crippen LogP contribution in [-0.4, -0.2) is 50.4 Å². The monoisotopic (exact) mass is 368 g/mol. The predicted octanol–water partition coefficient (Wildman–Crippen LogP) is 2.12. The standard InChI is InChI=1S/C19H24N6O2/c1-12-7-6-8-15-14(12)11-20-25(15)10-9-16(26)21-17-13(2)24(5)22-18(17)19(27)23(3)4/h6-8,11H,9-10H2,1-5H3,(H,21,26). The Bertz CT molecular complexity index is 1010. The lowest BCUT2D eigenvalue weighted by atomic mass is 10.1. The number of amides is 2. The molecule has 2 amide bonds. The highest BCUT2D eigenvalue weighted by molar-refractivity contribution is 6.02. The van der Waals surface area contributed by atoms with Crippen LogP contribution in [0, 0.1) is 13.8 Å². The molecule has 0 radical (unpaired) electrons. The van der Waals surface area contributed by atoms with Crippen molar-refractivity contribution in [2.24, 2.45) is 7.05 Å². The maximum Gasteiger partial charge on any atom is 0.276 e. The SMILES string of the molecule is Cc1cccc2c1cnn2CCC(=O)Nc1c(C(=O)N(C)C)nn(C)c1C. The Morgan fingerprint density at radius 3 is 2.67 bits per heavy atom. The molecule has 0 spiro atoms. The zero-order chi connectivity index (χ0) is 19.7. The Kier molecular flexibility index (Phi) is 4.98. The molecule has 0 aliphatic heterocycles. The summed E-state index contributed by atoms with van der Waals surface area (Å²) in [6.45, 7) is 4.31. The summed E-state index contributed by atoms with van der Waals surface area (Å²) in [6, 6.07) is 6.01. The molecule has 0 unspecified atom stereocenters. The highest BCUT2D eigenvalue weighted by atomic mass is 16.2. The molecule has 142 valence electrons. The van der Waals surface area contributed by atoms with Gasteiger partial charge in [0.2, 0.25) is 5.91 Å². The molecule has 0 fully saturated rings. The van der Waals surface area contributed by atoms with Gasteiger partial charge in [0.25, 0.3) is 5.91 Å². The van der Waals surface area contributed by atoms with E-state index in [4.69, 9.17) is 0 Å². The molecule has 0 saturated heterocycles. The van der Waals surface area contributed by atoms with Gasteiger partial charge in [0.15, 0.2) is 5.69 Å². The van der Waals surface area contributed by atoms with E-state index in [0.717, 1.165) is 22.2 Å². The summed E-state index contributed by atoms with van der Waals surface area (Å²) in [5.74, 6) is -0.433. The van der Waals surface area contributed by atoms with Crippen LogP contribution in [0.25, 0.3) is 10.9 Å². The smallest absolute Gasteiger partial charge is 0.276 e. The summed E-state index contributed by atoms with van der Waals surface area (Å²) < 4.78 is 3.42. The molecular formula is C19H24N6O2. The van der Waals surface area contributed by atoms with Crippen molar-refractivity contribution in [1.82, 2.24) is 24.5 Å². The van der Waals surface area contributed by atoms with Gasteiger partial charge >= 0.3 is 0 Å². The molecule has 3 aromatic rings. The van der Waals surface area contributed by atoms with E-state index >= 15 is 0 Å². The van der Waals surface area contributed by atoms with E-state index in [1.807, 2.05) is 42.9 Å². The molecule has 3 rings (SSSR count). The maximum absolute atomic E-state index is 12.5. The molecule has 2 heterocycles. The zero-order valence-electron chi connectivity index (χ0n) is 16.3. The van der Waals surface area contributed by atoms with Gasteiger partial charge < -0.3 is 10.2 Å². The number of benzene rings is 1. The third kappa shape index (κ3) is 3.55. The van der Waals surface area contributed by atoms with Crippen molar-refractivity contribution in [3.63, 3.8) is 0 Å². The van der Waals surface area contributed by atoms with Crippen LogP contribution in [-0.2, 0) is 18.4 Å². The number of hydrogen-bond donors (Lipinski definition) is 1. The molecular weight excluding hydrogens is 344 g/mol. The number of aromatic nitrogens is 4. The summed E-state index contributed by atoms with van der Waals surface area (Å²) in [7, 11) is 5.06. The maximum atomic E-state index is 12.5. The first-order chi connectivity index (χ1) is 12.8. The second-order valence-electron chi connectivity index (χ2n) is 6.81. The van der Waals surface area contributed by atoms with Gasteiger partial charge in [-0.15, -0.1) is 0 Å². The molecule has 8 nitrogen and oxygen atoms in total. The van der Waals surface area contributed by atoms with Crippen molar-refractivity contribution < 1.29 is 9.59 Å². The van der Waals surface area contributed by atoms with Gasteiger partial charge in [-0.3, -0.25) is 19.0 Å². The van der Waals surface area contributed by atoms with Crippen LogP contribution < -0.4 is 5.32 Å². The summed E-state index contributed by atoms with van der Waals surface area (Å²) in [6.07, 6.45) is 2.07. The number of hydrogen-bond acceptors (Lipinski definition) is 4. The van der Waals surface area contributed by atoms with Crippen molar-refractivity contribution in [1.29, 1.82) is 0 Å². The Morgan fingerprint density at radius 1 is 1.22 bits per heavy atom. The van der Waals surface area contributed by atoms with Crippen LogP contribution in [0.4, 0.5) is 5.69 Å². The fourth-order valence-electron chi connectivity index (χ4n) is 2.95. The summed E-state index contributed by atoms with van der Waals surface area (Å²) in [5, 5.41) is 12.6. The van der Waals surface area contributed by atoms with Gasteiger partial charge in [-0.2, -0.15) is 10.2 Å². The van der Waals surface area contributed by atoms with Crippen molar-refractivity contribution in [2.75, 3.05) is 19.4 Å². The molecule has 0 aliphatic rings.